The molecule has 3 aromatic carbocycles. The van der Waals surface area contributed by atoms with Crippen LogP contribution in [-0.2, 0) is 32.6 Å². The molecule has 3 aromatic rings. The minimum absolute atomic E-state index is 0.0365. The van der Waals surface area contributed by atoms with E-state index in [1.807, 2.05) is 49.4 Å². The molecule has 1 atom stereocenters. The number of rotatable bonds is 13. The Morgan fingerprint density at radius 3 is 2.18 bits per heavy atom. The molecule has 0 aliphatic carbocycles. The Balaban J connectivity index is 1.86. The van der Waals surface area contributed by atoms with Gasteiger partial charge in [0, 0.05) is 42.5 Å². The predicted molar refractivity (Wildman–Crippen MR) is 157 cm³/mol. The average Bonchev–Trinajstić information content (AvgIpc) is 2.90. The Kier molecular flexibility index (Phi) is 11.2. The van der Waals surface area contributed by atoms with E-state index < -0.39 is 16.1 Å². The quantitative estimate of drug-likeness (QED) is 0.292. The Morgan fingerprint density at radius 2 is 1.56 bits per heavy atom. The van der Waals surface area contributed by atoms with E-state index in [2.05, 4.69) is 5.32 Å². The van der Waals surface area contributed by atoms with Crippen molar-refractivity contribution in [3.8, 4) is 0 Å². The van der Waals surface area contributed by atoms with E-state index in [1.165, 1.54) is 4.31 Å². The summed E-state index contributed by atoms with van der Waals surface area (Å²) in [7, 11) is -3.60. The first kappa shape index (κ1) is 30.5. The van der Waals surface area contributed by atoms with Gasteiger partial charge in [0.25, 0.3) is 0 Å². The first-order chi connectivity index (χ1) is 18.6. The van der Waals surface area contributed by atoms with Crippen LogP contribution >= 0.6 is 23.2 Å². The maximum atomic E-state index is 13.7. The van der Waals surface area contributed by atoms with Gasteiger partial charge in [-0.1, -0.05) is 71.7 Å². The molecule has 0 radical (unpaired) electrons. The number of nitrogens with zero attached hydrogens (tertiary/aromatic N) is 2. The highest BCUT2D eigenvalue weighted by atomic mass is 35.5. The number of likely N-dealkylation sites (N-methyl/N-ethyl adjacent to an activating group) is 1. The van der Waals surface area contributed by atoms with Crippen LogP contribution in [0, 0.1) is 0 Å². The van der Waals surface area contributed by atoms with Crippen molar-refractivity contribution in [2.45, 2.75) is 38.8 Å². The number of sulfonamides is 1. The fourth-order valence-corrected chi connectivity index (χ4v) is 5.55. The summed E-state index contributed by atoms with van der Waals surface area (Å²) in [5, 5.41) is 3.85. The van der Waals surface area contributed by atoms with Crippen LogP contribution in [-0.4, -0.2) is 50.5 Å². The van der Waals surface area contributed by atoms with Crippen LogP contribution in [0.25, 0.3) is 0 Å². The largest absolute Gasteiger partial charge is 0.355 e. The SMILES string of the molecule is CCNC(=O)[C@H](Cc1ccccc1)N(Cc1ccccc1Cl)C(=O)CCCN(c1ccc(Cl)cc1)S(C)(=O)=O. The zero-order valence-corrected chi connectivity index (χ0v) is 24.3. The van der Waals surface area contributed by atoms with Crippen LogP contribution < -0.4 is 9.62 Å². The first-order valence-corrected chi connectivity index (χ1v) is 15.3. The van der Waals surface area contributed by atoms with Gasteiger partial charge in [-0.15, -0.1) is 0 Å². The zero-order chi connectivity index (χ0) is 28.4. The van der Waals surface area contributed by atoms with Gasteiger partial charge in [0.15, 0.2) is 0 Å². The van der Waals surface area contributed by atoms with Crippen LogP contribution in [0.4, 0.5) is 5.69 Å². The standard InChI is InChI=1S/C29H33Cl2N3O4S/c1-3-32-29(36)27(20-22-10-5-4-6-11-22)33(21-23-12-7-8-13-26(23)31)28(35)14-9-19-34(39(2,37)38)25-17-15-24(30)16-18-25/h4-8,10-13,15-18,27H,3,9,14,19-21H2,1-2H3,(H,32,36)/t27-/m0/s1. The van der Waals surface area contributed by atoms with Crippen LogP contribution in [0.15, 0.2) is 78.9 Å². The number of halogens is 2. The highest BCUT2D eigenvalue weighted by Crippen LogP contribution is 2.23. The summed E-state index contributed by atoms with van der Waals surface area (Å²) in [4.78, 5) is 28.5. The molecule has 10 heteroatoms. The van der Waals surface area contributed by atoms with Gasteiger partial charge >= 0.3 is 0 Å². The summed E-state index contributed by atoms with van der Waals surface area (Å²) in [5.41, 5.74) is 2.09. The molecule has 0 saturated heterocycles. The maximum absolute atomic E-state index is 13.7. The van der Waals surface area contributed by atoms with Crippen molar-refractivity contribution in [3.05, 3.63) is 100 Å². The second-order valence-corrected chi connectivity index (χ2v) is 11.9. The monoisotopic (exact) mass is 589 g/mol. The van der Waals surface area contributed by atoms with Crippen molar-refractivity contribution >= 4 is 50.7 Å². The number of carbonyl (C=O) groups excluding carboxylic acids is 2. The number of amides is 2. The first-order valence-electron chi connectivity index (χ1n) is 12.7. The predicted octanol–water partition coefficient (Wildman–Crippen LogP) is 5.32. The van der Waals surface area contributed by atoms with Gasteiger partial charge in [-0.25, -0.2) is 8.42 Å². The Bertz CT molecular complexity index is 1350. The molecule has 2 amide bonds. The summed E-state index contributed by atoms with van der Waals surface area (Å²) < 4.78 is 26.3. The van der Waals surface area contributed by atoms with E-state index in [4.69, 9.17) is 23.2 Å². The van der Waals surface area contributed by atoms with Gasteiger partial charge in [-0.3, -0.25) is 13.9 Å². The molecular formula is C29H33Cl2N3O4S. The van der Waals surface area contributed by atoms with Crippen molar-refractivity contribution in [1.82, 2.24) is 10.2 Å². The van der Waals surface area contributed by atoms with Gasteiger partial charge in [0.05, 0.1) is 11.9 Å². The summed E-state index contributed by atoms with van der Waals surface area (Å²) in [6.45, 7) is 2.48. The Morgan fingerprint density at radius 1 is 0.923 bits per heavy atom. The summed E-state index contributed by atoms with van der Waals surface area (Å²) >= 11 is 12.4. The molecule has 0 fully saturated rings. The van der Waals surface area contributed by atoms with Gasteiger partial charge < -0.3 is 10.2 Å². The topological polar surface area (TPSA) is 86.8 Å². The molecule has 1 N–H and O–H groups in total. The number of anilines is 1. The summed E-state index contributed by atoms with van der Waals surface area (Å²) in [5.74, 6) is -0.535. The minimum Gasteiger partial charge on any atom is -0.355 e. The lowest BCUT2D eigenvalue weighted by Crippen LogP contribution is -2.50. The number of nitrogens with one attached hydrogen (secondary N) is 1. The number of hydrogen-bond acceptors (Lipinski definition) is 4. The molecule has 0 bridgehead atoms. The lowest BCUT2D eigenvalue weighted by Gasteiger charge is -2.32. The third kappa shape index (κ3) is 8.98. The molecule has 0 aliphatic heterocycles. The van der Waals surface area contributed by atoms with E-state index in [9.17, 15) is 18.0 Å². The second kappa shape index (κ2) is 14.4. The van der Waals surface area contributed by atoms with Crippen molar-refractivity contribution in [2.75, 3.05) is 23.7 Å². The van der Waals surface area contributed by atoms with Crippen molar-refractivity contribution in [2.24, 2.45) is 0 Å². The van der Waals surface area contributed by atoms with E-state index >= 15 is 0 Å². The van der Waals surface area contributed by atoms with Crippen molar-refractivity contribution in [3.63, 3.8) is 0 Å². The van der Waals surface area contributed by atoms with Gasteiger partial charge in [0.1, 0.15) is 6.04 Å². The Hall–Kier alpha value is -3.07. The van der Waals surface area contributed by atoms with Gasteiger partial charge in [-0.2, -0.15) is 0 Å². The third-order valence-corrected chi connectivity index (χ3v) is 8.00. The van der Waals surface area contributed by atoms with Crippen LogP contribution in [0.2, 0.25) is 10.0 Å². The molecule has 3 rings (SSSR count). The highest BCUT2D eigenvalue weighted by molar-refractivity contribution is 7.92. The Labute approximate surface area is 240 Å². The fraction of sp³-hybridized carbons (Fsp3) is 0.310. The van der Waals surface area contributed by atoms with E-state index in [-0.39, 0.29) is 37.7 Å². The van der Waals surface area contributed by atoms with E-state index in [0.717, 1.165) is 11.8 Å². The van der Waals surface area contributed by atoms with Crippen molar-refractivity contribution in [1.29, 1.82) is 0 Å². The molecule has 0 unspecified atom stereocenters. The molecule has 0 aliphatic rings. The summed E-state index contributed by atoms with van der Waals surface area (Å²) in [6, 6.07) is 22.4. The molecule has 39 heavy (non-hydrogen) atoms. The number of benzene rings is 3. The minimum atomic E-state index is -3.60. The van der Waals surface area contributed by atoms with E-state index in [0.29, 0.717) is 34.3 Å². The lowest BCUT2D eigenvalue weighted by atomic mass is 10.0. The summed E-state index contributed by atoms with van der Waals surface area (Å²) in [6.07, 6.45) is 1.73. The van der Waals surface area contributed by atoms with Gasteiger partial charge in [0.2, 0.25) is 21.8 Å². The van der Waals surface area contributed by atoms with Crippen molar-refractivity contribution < 1.29 is 18.0 Å². The molecule has 208 valence electrons. The highest BCUT2D eigenvalue weighted by Gasteiger charge is 2.30. The lowest BCUT2D eigenvalue weighted by molar-refractivity contribution is -0.141. The average molecular weight is 591 g/mol. The zero-order valence-electron chi connectivity index (χ0n) is 22.0. The van der Waals surface area contributed by atoms with E-state index in [1.54, 1.807) is 41.3 Å². The smallest absolute Gasteiger partial charge is 0.243 e. The molecule has 0 saturated carbocycles. The molecule has 0 aromatic heterocycles. The number of carbonyl (C=O) groups is 2. The molecule has 0 spiro atoms. The molecular weight excluding hydrogens is 557 g/mol. The third-order valence-electron chi connectivity index (χ3n) is 6.19. The van der Waals surface area contributed by atoms with Crippen LogP contribution in [0.1, 0.15) is 30.9 Å². The van der Waals surface area contributed by atoms with Gasteiger partial charge in [-0.05, 0) is 54.8 Å². The number of hydrogen-bond donors (Lipinski definition) is 1. The van der Waals surface area contributed by atoms with Crippen LogP contribution in [0.3, 0.4) is 0 Å². The molecule has 0 heterocycles. The molecule has 7 nitrogen and oxygen atoms in total. The fourth-order valence-electron chi connectivity index (χ4n) is 4.27. The normalized spacial score (nSPS) is 12.0. The van der Waals surface area contributed by atoms with Crippen LogP contribution in [0.5, 0.6) is 0 Å². The second-order valence-electron chi connectivity index (χ2n) is 9.13. The maximum Gasteiger partial charge on any atom is 0.243 e.